The first kappa shape index (κ1) is 18.7. The molecule has 0 aliphatic rings. The van der Waals surface area contributed by atoms with Crippen molar-refractivity contribution in [3.8, 4) is 0 Å². The molecular weight excluding hydrogens is 190 g/mol. The maximum Gasteiger partial charge on any atom is 0.232 e. The number of halogens is 1. The monoisotopic (exact) mass is 189 g/mol. The third kappa shape index (κ3) is 10.5. The summed E-state index contributed by atoms with van der Waals surface area (Å²) >= 11 is 0. The third-order valence-corrected chi connectivity index (χ3v) is 0. The van der Waals surface area contributed by atoms with Gasteiger partial charge in [0.15, 0.2) is 0 Å². The molecule has 0 amide bonds. The maximum absolute atomic E-state index is 8.75. The Balaban J connectivity index is -0.00000000500. The van der Waals surface area contributed by atoms with E-state index in [0.29, 0.717) is 0 Å². The van der Waals surface area contributed by atoms with Gasteiger partial charge in [0, 0.05) is 40.9 Å². The van der Waals surface area contributed by atoms with Gasteiger partial charge in [-0.3, -0.25) is 0 Å². The largest absolute Gasteiger partial charge is 0.232 e. The Labute approximate surface area is 52.5 Å². The summed E-state index contributed by atoms with van der Waals surface area (Å²) in [6, 6.07) is 0. The van der Waals surface area contributed by atoms with Crippen molar-refractivity contribution in [2.24, 2.45) is 0 Å². The van der Waals surface area contributed by atoms with E-state index in [2.05, 4.69) is 7.18 Å². The van der Waals surface area contributed by atoms with Gasteiger partial charge in [-0.15, -0.1) is 0 Å². The maximum atomic E-state index is 8.75. The van der Waals surface area contributed by atoms with Crippen LogP contribution in [0.1, 0.15) is 0 Å². The Bertz CT molecular complexity index is 8.00. The van der Waals surface area contributed by atoms with Gasteiger partial charge in [-0.05, 0) is 0 Å². The van der Waals surface area contributed by atoms with Gasteiger partial charge in [-0.25, -0.2) is 4.39 Å². The van der Waals surface area contributed by atoms with E-state index in [1.54, 1.807) is 0 Å². The average molecular weight is 190 g/mol. The molecule has 0 aromatic carbocycles. The average Bonchev–Trinajstić information content (AvgIpc) is 1.00. The fourth-order valence-corrected chi connectivity index (χ4v) is 0. The Morgan fingerprint density at radius 1 is 1.25 bits per heavy atom. The van der Waals surface area contributed by atoms with E-state index in [1.165, 1.54) is 0 Å². The van der Waals surface area contributed by atoms with Gasteiger partial charge in [0.25, 0.3) is 0 Å². The first-order chi connectivity index (χ1) is 1.00. The SMILES string of the molecule is [Ag].[C]F.[V]. The van der Waals surface area contributed by atoms with E-state index < -0.39 is 0 Å². The zero-order valence-corrected chi connectivity index (χ0v) is 4.51. The van der Waals surface area contributed by atoms with Crippen LogP contribution >= 0.6 is 0 Å². The zero-order valence-electron chi connectivity index (χ0n) is 1.63. The molecule has 0 aromatic rings. The van der Waals surface area contributed by atoms with E-state index in [1.807, 2.05) is 0 Å². The van der Waals surface area contributed by atoms with Crippen molar-refractivity contribution in [1.82, 2.24) is 0 Å². The Morgan fingerprint density at radius 3 is 1.25 bits per heavy atom. The van der Waals surface area contributed by atoms with E-state index in [-0.39, 0.29) is 40.9 Å². The number of hydrogen-bond acceptors (Lipinski definition) is 0. The molecule has 0 bridgehead atoms. The molecule has 0 saturated carbocycles. The van der Waals surface area contributed by atoms with E-state index >= 15 is 0 Å². The van der Waals surface area contributed by atoms with Gasteiger partial charge in [0.05, 0.1) is 0 Å². The molecule has 0 aromatic heterocycles. The summed E-state index contributed by atoms with van der Waals surface area (Å²) in [5.41, 5.74) is 0. The quantitative estimate of drug-likeness (QED) is 0.487. The zero-order chi connectivity index (χ0) is 2.00. The summed E-state index contributed by atoms with van der Waals surface area (Å²) in [7, 11) is 4.25. The molecule has 3 heteroatoms. The van der Waals surface area contributed by atoms with E-state index in [4.69, 9.17) is 4.39 Å². The van der Waals surface area contributed by atoms with E-state index in [9.17, 15) is 0 Å². The van der Waals surface area contributed by atoms with Gasteiger partial charge in [0.2, 0.25) is 7.18 Å². The molecule has 5 radical (unpaired) electrons. The van der Waals surface area contributed by atoms with Crippen LogP contribution in [0, 0.1) is 7.18 Å². The molecule has 27 valence electrons. The third-order valence-electron chi connectivity index (χ3n) is 0. The molecule has 0 heterocycles. The molecule has 0 atom stereocenters. The summed E-state index contributed by atoms with van der Waals surface area (Å²) in [5, 5.41) is 0. The second kappa shape index (κ2) is 28.6. The van der Waals surface area contributed by atoms with Gasteiger partial charge in [-0.1, -0.05) is 0 Å². The molecule has 0 aliphatic carbocycles. The number of hydrogen-bond donors (Lipinski definition) is 0. The summed E-state index contributed by atoms with van der Waals surface area (Å²) in [5.74, 6) is 0. The summed E-state index contributed by atoms with van der Waals surface area (Å²) in [6.07, 6.45) is 0. The standard InChI is InChI=1S/CF.Ag.V/c1-2;;. The van der Waals surface area contributed by atoms with Crippen LogP contribution < -0.4 is 0 Å². The predicted molar refractivity (Wildman–Crippen MR) is 4.35 cm³/mol. The molecular formula is CAgFV. The van der Waals surface area contributed by atoms with E-state index in [0.717, 1.165) is 0 Å². The first-order valence-electron chi connectivity index (χ1n) is 0.189. The van der Waals surface area contributed by atoms with Gasteiger partial charge < -0.3 is 0 Å². The van der Waals surface area contributed by atoms with Crippen LogP contribution in [-0.4, -0.2) is 0 Å². The van der Waals surface area contributed by atoms with Crippen molar-refractivity contribution in [3.63, 3.8) is 0 Å². The minimum Gasteiger partial charge on any atom is -0.232 e. The van der Waals surface area contributed by atoms with Crippen molar-refractivity contribution in [2.75, 3.05) is 0 Å². The Kier molecular flexibility index (Phi) is 134. The number of rotatable bonds is 0. The van der Waals surface area contributed by atoms with Crippen LogP contribution in [0.15, 0.2) is 0 Å². The molecule has 0 spiro atoms. The molecule has 0 unspecified atom stereocenters. The fourth-order valence-electron chi connectivity index (χ4n) is 0. The van der Waals surface area contributed by atoms with Crippen LogP contribution in [0.3, 0.4) is 0 Å². The van der Waals surface area contributed by atoms with Crippen LogP contribution in [0.5, 0.6) is 0 Å². The van der Waals surface area contributed by atoms with Gasteiger partial charge in [0.1, 0.15) is 0 Å². The molecule has 0 saturated heterocycles. The van der Waals surface area contributed by atoms with Crippen LogP contribution in [0.25, 0.3) is 0 Å². The molecule has 0 rings (SSSR count). The second-order valence-electron chi connectivity index (χ2n) is 0. The predicted octanol–water partition coefficient (Wildman–Crippen LogP) is 0.496. The fraction of sp³-hybridized carbons (Fsp3) is 0. The van der Waals surface area contributed by atoms with Crippen molar-refractivity contribution >= 4 is 0 Å². The van der Waals surface area contributed by atoms with Crippen molar-refractivity contribution < 1.29 is 45.3 Å². The topological polar surface area (TPSA) is 0 Å². The first-order valence-corrected chi connectivity index (χ1v) is 0.189. The smallest absolute Gasteiger partial charge is 0.232 e. The minimum atomic E-state index is 0. The van der Waals surface area contributed by atoms with Gasteiger partial charge >= 0.3 is 0 Å². The molecule has 0 aliphatic heterocycles. The minimum absolute atomic E-state index is 0. The Hall–Kier alpha value is 1.25. The summed E-state index contributed by atoms with van der Waals surface area (Å²) in [6.45, 7) is 0. The van der Waals surface area contributed by atoms with Crippen molar-refractivity contribution in [3.05, 3.63) is 7.18 Å². The molecule has 0 N–H and O–H groups in total. The Morgan fingerprint density at radius 2 is 1.25 bits per heavy atom. The summed E-state index contributed by atoms with van der Waals surface area (Å²) in [4.78, 5) is 0. The van der Waals surface area contributed by atoms with Crippen LogP contribution in [0.4, 0.5) is 4.39 Å². The molecule has 0 fully saturated rings. The van der Waals surface area contributed by atoms with Crippen molar-refractivity contribution in [1.29, 1.82) is 0 Å². The van der Waals surface area contributed by atoms with Crippen LogP contribution in [-0.2, 0) is 40.9 Å². The second-order valence-corrected chi connectivity index (χ2v) is 0. The van der Waals surface area contributed by atoms with Crippen molar-refractivity contribution in [2.45, 2.75) is 0 Å². The van der Waals surface area contributed by atoms with Crippen LogP contribution in [0.2, 0.25) is 0 Å². The summed E-state index contributed by atoms with van der Waals surface area (Å²) < 4.78 is 8.75. The van der Waals surface area contributed by atoms with Gasteiger partial charge in [-0.2, -0.15) is 0 Å². The molecule has 4 heavy (non-hydrogen) atoms. The molecule has 0 nitrogen and oxygen atoms in total. The normalized spacial score (nSPS) is 1.50.